The van der Waals surface area contributed by atoms with Crippen LogP contribution in [0, 0.1) is 0 Å². The monoisotopic (exact) mass is 189 g/mol. The van der Waals surface area contributed by atoms with Gasteiger partial charge in [0.15, 0.2) is 0 Å². The number of β-amino-alcohol motifs (C(OH)–C–C–N with tert-alkyl or cyclic N) is 1. The normalized spacial score (nSPS) is 23.3. The van der Waals surface area contributed by atoms with Gasteiger partial charge in [0.2, 0.25) is 0 Å². The number of rotatable bonds is 4. The number of quaternary nitrogens is 1. The van der Waals surface area contributed by atoms with Crippen LogP contribution in [0.5, 0.6) is 0 Å². The van der Waals surface area contributed by atoms with Crippen LogP contribution in [0.25, 0.3) is 0 Å². The first-order valence-electron chi connectivity index (χ1n) is 4.98. The van der Waals surface area contributed by atoms with Crippen molar-refractivity contribution in [3.8, 4) is 0 Å². The molecular formula is C9H21N2O2+. The van der Waals surface area contributed by atoms with E-state index in [0.29, 0.717) is 0 Å². The molecule has 0 aromatic rings. The number of piperazine rings is 1. The highest BCUT2D eigenvalue weighted by Gasteiger charge is 2.27. The van der Waals surface area contributed by atoms with Gasteiger partial charge in [-0.15, -0.1) is 0 Å². The smallest absolute Gasteiger partial charge is 0.102 e. The van der Waals surface area contributed by atoms with E-state index in [1.165, 1.54) is 0 Å². The van der Waals surface area contributed by atoms with Gasteiger partial charge in [0.25, 0.3) is 0 Å². The molecule has 0 spiro atoms. The largest absolute Gasteiger partial charge is 0.395 e. The van der Waals surface area contributed by atoms with Crippen LogP contribution in [0.1, 0.15) is 0 Å². The molecule has 0 bridgehead atoms. The highest BCUT2D eigenvalue weighted by Crippen LogP contribution is 2.08. The van der Waals surface area contributed by atoms with Crippen molar-refractivity contribution in [3.63, 3.8) is 0 Å². The summed E-state index contributed by atoms with van der Waals surface area (Å²) in [6, 6.07) is 0. The van der Waals surface area contributed by atoms with Crippen molar-refractivity contribution < 1.29 is 14.7 Å². The van der Waals surface area contributed by atoms with Gasteiger partial charge < -0.3 is 14.7 Å². The molecule has 1 rings (SSSR count). The quantitative estimate of drug-likeness (QED) is 0.542. The Kier molecular flexibility index (Phi) is 4.12. The Morgan fingerprint density at radius 1 is 1.15 bits per heavy atom. The molecule has 78 valence electrons. The molecule has 0 radical (unpaired) electrons. The highest BCUT2D eigenvalue weighted by atomic mass is 16.3. The van der Waals surface area contributed by atoms with Gasteiger partial charge in [-0.1, -0.05) is 0 Å². The van der Waals surface area contributed by atoms with Gasteiger partial charge >= 0.3 is 0 Å². The molecule has 0 aromatic heterocycles. The van der Waals surface area contributed by atoms with Gasteiger partial charge in [0.05, 0.1) is 33.4 Å². The third-order valence-corrected chi connectivity index (χ3v) is 2.97. The summed E-state index contributed by atoms with van der Waals surface area (Å²) in [6.07, 6.45) is 0. The van der Waals surface area contributed by atoms with Crippen molar-refractivity contribution in [1.29, 1.82) is 0 Å². The molecule has 2 N–H and O–H groups in total. The number of nitrogens with zero attached hydrogens (tertiary/aromatic N) is 2. The van der Waals surface area contributed by atoms with Gasteiger partial charge in [0.1, 0.15) is 6.54 Å². The van der Waals surface area contributed by atoms with Crippen LogP contribution in [0.2, 0.25) is 0 Å². The Hall–Kier alpha value is -0.160. The Morgan fingerprint density at radius 3 is 2.23 bits per heavy atom. The molecule has 0 aromatic carbocycles. The molecule has 1 aliphatic rings. The molecule has 0 aliphatic carbocycles. The van der Waals surface area contributed by atoms with Crippen LogP contribution < -0.4 is 0 Å². The molecule has 0 amide bonds. The predicted molar refractivity (Wildman–Crippen MR) is 51.4 cm³/mol. The zero-order valence-electron chi connectivity index (χ0n) is 8.45. The van der Waals surface area contributed by atoms with Gasteiger partial charge in [-0.25, -0.2) is 0 Å². The molecule has 1 fully saturated rings. The molecule has 13 heavy (non-hydrogen) atoms. The Morgan fingerprint density at radius 2 is 1.77 bits per heavy atom. The lowest BCUT2D eigenvalue weighted by molar-refractivity contribution is -0.913. The minimum Gasteiger partial charge on any atom is -0.395 e. The Labute approximate surface area is 80.0 Å². The fourth-order valence-electron chi connectivity index (χ4n) is 1.82. The van der Waals surface area contributed by atoms with Crippen LogP contribution in [0.3, 0.4) is 0 Å². The molecule has 1 heterocycles. The SMILES string of the molecule is C[N+]1(CCO)CCN(CCO)CC1. The van der Waals surface area contributed by atoms with E-state index >= 15 is 0 Å². The van der Waals surface area contributed by atoms with Crippen LogP contribution in [-0.2, 0) is 0 Å². The van der Waals surface area contributed by atoms with E-state index in [4.69, 9.17) is 10.2 Å². The number of aliphatic hydroxyl groups is 2. The standard InChI is InChI=1S/C9H21N2O2/c1-11(7-9-13)5-2-10(3-6-11)4-8-12/h12-13H,2-9H2,1H3/q+1. The predicted octanol–water partition coefficient (Wildman–Crippen LogP) is -1.27. The minimum absolute atomic E-state index is 0.254. The summed E-state index contributed by atoms with van der Waals surface area (Å²) in [7, 11) is 2.19. The first-order chi connectivity index (χ1) is 6.20. The lowest BCUT2D eigenvalue weighted by Crippen LogP contribution is -2.58. The zero-order valence-corrected chi connectivity index (χ0v) is 8.45. The average molecular weight is 189 g/mol. The Bertz CT molecular complexity index is 145. The van der Waals surface area contributed by atoms with Crippen LogP contribution >= 0.6 is 0 Å². The summed E-state index contributed by atoms with van der Waals surface area (Å²) in [5, 5.41) is 17.6. The third-order valence-electron chi connectivity index (χ3n) is 2.97. The van der Waals surface area contributed by atoms with Crippen LogP contribution in [0.4, 0.5) is 0 Å². The second-order valence-electron chi connectivity index (χ2n) is 4.08. The van der Waals surface area contributed by atoms with Gasteiger partial charge in [-0.05, 0) is 0 Å². The fraction of sp³-hybridized carbons (Fsp3) is 1.00. The van der Waals surface area contributed by atoms with E-state index in [1.54, 1.807) is 0 Å². The summed E-state index contributed by atoms with van der Waals surface area (Å²) in [6.45, 7) is 6.42. The number of hydrogen-bond donors (Lipinski definition) is 2. The minimum atomic E-state index is 0.254. The topological polar surface area (TPSA) is 43.7 Å². The zero-order chi connectivity index (χ0) is 9.73. The average Bonchev–Trinajstić information content (AvgIpc) is 2.10. The van der Waals surface area contributed by atoms with E-state index in [2.05, 4.69) is 11.9 Å². The molecule has 1 aliphatic heterocycles. The second kappa shape index (κ2) is 4.91. The first-order valence-corrected chi connectivity index (χ1v) is 4.98. The molecule has 0 saturated carbocycles. The van der Waals surface area contributed by atoms with E-state index < -0.39 is 0 Å². The maximum atomic E-state index is 8.88. The van der Waals surface area contributed by atoms with E-state index in [9.17, 15) is 0 Å². The van der Waals surface area contributed by atoms with Gasteiger partial charge in [-0.2, -0.15) is 0 Å². The molecule has 1 saturated heterocycles. The van der Waals surface area contributed by atoms with Crippen molar-refractivity contribution >= 4 is 0 Å². The Balaban J connectivity index is 2.28. The second-order valence-corrected chi connectivity index (χ2v) is 4.08. The number of aliphatic hydroxyl groups excluding tert-OH is 2. The summed E-state index contributed by atoms with van der Waals surface area (Å²) >= 11 is 0. The summed E-state index contributed by atoms with van der Waals surface area (Å²) < 4.78 is 0.971. The van der Waals surface area contributed by atoms with Crippen molar-refractivity contribution in [2.75, 3.05) is 59.5 Å². The van der Waals surface area contributed by atoms with E-state index in [0.717, 1.165) is 43.8 Å². The van der Waals surface area contributed by atoms with E-state index in [-0.39, 0.29) is 13.2 Å². The van der Waals surface area contributed by atoms with Crippen molar-refractivity contribution in [2.45, 2.75) is 0 Å². The van der Waals surface area contributed by atoms with Crippen LogP contribution in [0.15, 0.2) is 0 Å². The van der Waals surface area contributed by atoms with Gasteiger partial charge in [-0.3, -0.25) is 4.90 Å². The molecule has 0 unspecified atom stereocenters. The maximum Gasteiger partial charge on any atom is 0.102 e. The van der Waals surface area contributed by atoms with Crippen molar-refractivity contribution in [1.82, 2.24) is 4.90 Å². The maximum absolute atomic E-state index is 8.88. The van der Waals surface area contributed by atoms with Crippen molar-refractivity contribution in [2.24, 2.45) is 0 Å². The molecular weight excluding hydrogens is 168 g/mol. The first kappa shape index (κ1) is 10.9. The third kappa shape index (κ3) is 3.23. The van der Waals surface area contributed by atoms with Crippen LogP contribution in [-0.4, -0.2) is 79.1 Å². The molecule has 4 heteroatoms. The molecule has 4 nitrogen and oxygen atoms in total. The van der Waals surface area contributed by atoms with Gasteiger partial charge in [0, 0.05) is 19.6 Å². The lowest BCUT2D eigenvalue weighted by atomic mass is 10.2. The van der Waals surface area contributed by atoms with Crippen molar-refractivity contribution in [3.05, 3.63) is 0 Å². The fourth-order valence-corrected chi connectivity index (χ4v) is 1.82. The summed E-state index contributed by atoms with van der Waals surface area (Å²) in [5.74, 6) is 0. The number of hydrogen-bond acceptors (Lipinski definition) is 3. The molecule has 0 atom stereocenters. The number of likely N-dealkylation sites (N-methyl/N-ethyl adjacent to an activating group) is 1. The summed E-state index contributed by atoms with van der Waals surface area (Å²) in [5.41, 5.74) is 0. The summed E-state index contributed by atoms with van der Waals surface area (Å²) in [4.78, 5) is 2.28. The lowest BCUT2D eigenvalue weighted by Gasteiger charge is -2.41. The van der Waals surface area contributed by atoms with E-state index in [1.807, 2.05) is 0 Å². The highest BCUT2D eigenvalue weighted by molar-refractivity contribution is 4.62.